The number of rotatable bonds is 2. The van der Waals surface area contributed by atoms with E-state index in [1.807, 2.05) is 36.4 Å². The number of nitrogens with one attached hydrogen (secondary N) is 2. The highest BCUT2D eigenvalue weighted by molar-refractivity contribution is 6.32. The van der Waals surface area contributed by atoms with Gasteiger partial charge < -0.3 is 10.6 Å². The van der Waals surface area contributed by atoms with Gasteiger partial charge >= 0.3 is 0 Å². The van der Waals surface area contributed by atoms with Gasteiger partial charge in [-0.05, 0) is 49.7 Å². The van der Waals surface area contributed by atoms with E-state index >= 15 is 0 Å². The number of benzene rings is 2. The Morgan fingerprint density at radius 2 is 1.85 bits per heavy atom. The molecule has 2 atom stereocenters. The van der Waals surface area contributed by atoms with E-state index in [1.54, 1.807) is 0 Å². The van der Waals surface area contributed by atoms with Crippen molar-refractivity contribution in [3.05, 3.63) is 58.1 Å². The van der Waals surface area contributed by atoms with Crippen LogP contribution >= 0.6 is 23.2 Å². The molecule has 104 valence electrons. The van der Waals surface area contributed by atoms with Crippen molar-refractivity contribution in [1.29, 1.82) is 0 Å². The van der Waals surface area contributed by atoms with Crippen molar-refractivity contribution >= 4 is 34.6 Å². The van der Waals surface area contributed by atoms with E-state index < -0.39 is 0 Å². The Hall–Kier alpha value is -1.38. The summed E-state index contributed by atoms with van der Waals surface area (Å²) in [6.45, 7) is 2.18. The molecule has 0 radical (unpaired) electrons. The molecule has 2 nitrogen and oxygen atoms in total. The standard InChI is InChI=1S/C16H16Cl2N2/c1-10-9-15(20-12-7-5-11(17)6-8-12)16-13(18)3-2-4-14(16)19-10/h2-8,10,15,19-20H,9H2,1H3/t10-,15-/m1/s1. The molecule has 1 aliphatic heterocycles. The molecular formula is C16H16Cl2N2. The molecule has 0 amide bonds. The van der Waals surface area contributed by atoms with Gasteiger partial charge in [-0.3, -0.25) is 0 Å². The molecule has 0 aromatic heterocycles. The summed E-state index contributed by atoms with van der Waals surface area (Å²) in [7, 11) is 0. The average molecular weight is 307 g/mol. The zero-order valence-corrected chi connectivity index (χ0v) is 12.7. The van der Waals surface area contributed by atoms with E-state index in [4.69, 9.17) is 23.2 Å². The van der Waals surface area contributed by atoms with Crippen LogP contribution in [0.3, 0.4) is 0 Å². The molecule has 2 aromatic carbocycles. The van der Waals surface area contributed by atoms with E-state index in [-0.39, 0.29) is 6.04 Å². The summed E-state index contributed by atoms with van der Waals surface area (Å²) in [5.41, 5.74) is 3.31. The van der Waals surface area contributed by atoms with Crippen molar-refractivity contribution in [3.63, 3.8) is 0 Å². The van der Waals surface area contributed by atoms with Crippen LogP contribution in [-0.2, 0) is 0 Å². The zero-order chi connectivity index (χ0) is 14.1. The first-order valence-electron chi connectivity index (χ1n) is 6.70. The summed E-state index contributed by atoms with van der Waals surface area (Å²) in [6, 6.07) is 14.4. The maximum atomic E-state index is 6.37. The molecule has 0 saturated carbocycles. The lowest BCUT2D eigenvalue weighted by Gasteiger charge is -2.33. The second-order valence-electron chi connectivity index (χ2n) is 5.19. The van der Waals surface area contributed by atoms with Crippen molar-refractivity contribution in [1.82, 2.24) is 0 Å². The van der Waals surface area contributed by atoms with Gasteiger partial charge in [0.05, 0.1) is 6.04 Å². The fourth-order valence-corrected chi connectivity index (χ4v) is 3.12. The van der Waals surface area contributed by atoms with E-state index in [0.29, 0.717) is 6.04 Å². The summed E-state index contributed by atoms with van der Waals surface area (Å²) in [5.74, 6) is 0. The van der Waals surface area contributed by atoms with Crippen LogP contribution in [0.15, 0.2) is 42.5 Å². The maximum Gasteiger partial charge on any atom is 0.0568 e. The highest BCUT2D eigenvalue weighted by Crippen LogP contribution is 2.39. The second kappa shape index (κ2) is 5.55. The van der Waals surface area contributed by atoms with Crippen LogP contribution in [0, 0.1) is 0 Å². The third-order valence-corrected chi connectivity index (χ3v) is 4.16. The van der Waals surface area contributed by atoms with Crippen LogP contribution in [0.2, 0.25) is 10.0 Å². The van der Waals surface area contributed by atoms with Crippen molar-refractivity contribution in [2.75, 3.05) is 10.6 Å². The van der Waals surface area contributed by atoms with Crippen LogP contribution in [-0.4, -0.2) is 6.04 Å². The zero-order valence-electron chi connectivity index (χ0n) is 11.2. The first-order valence-corrected chi connectivity index (χ1v) is 7.46. The molecule has 0 saturated heterocycles. The average Bonchev–Trinajstić information content (AvgIpc) is 2.41. The minimum Gasteiger partial charge on any atom is -0.382 e. The predicted octanol–water partition coefficient (Wildman–Crippen LogP) is 5.35. The van der Waals surface area contributed by atoms with E-state index in [9.17, 15) is 0 Å². The lowest BCUT2D eigenvalue weighted by Crippen LogP contribution is -2.29. The Morgan fingerprint density at radius 3 is 2.60 bits per heavy atom. The molecule has 0 bridgehead atoms. The number of anilines is 2. The Labute approximate surface area is 129 Å². The summed E-state index contributed by atoms with van der Waals surface area (Å²) in [5, 5.41) is 8.58. The molecule has 3 rings (SSSR count). The SMILES string of the molecule is C[C@@H]1C[C@@H](Nc2ccc(Cl)cc2)c2c(Cl)cccc2N1. The lowest BCUT2D eigenvalue weighted by atomic mass is 9.93. The summed E-state index contributed by atoms with van der Waals surface area (Å²) in [6.07, 6.45) is 0.985. The Balaban J connectivity index is 1.92. The van der Waals surface area contributed by atoms with Gasteiger partial charge in [0, 0.05) is 33.0 Å². The first-order chi connectivity index (χ1) is 9.63. The molecule has 0 aliphatic carbocycles. The normalized spacial score (nSPS) is 20.9. The summed E-state index contributed by atoms with van der Waals surface area (Å²) in [4.78, 5) is 0. The van der Waals surface area contributed by atoms with Gasteiger partial charge in [-0.25, -0.2) is 0 Å². The van der Waals surface area contributed by atoms with Gasteiger partial charge in [-0.1, -0.05) is 29.3 Å². The minimum atomic E-state index is 0.205. The van der Waals surface area contributed by atoms with E-state index in [2.05, 4.69) is 23.6 Å². The molecule has 20 heavy (non-hydrogen) atoms. The smallest absolute Gasteiger partial charge is 0.0568 e. The maximum absolute atomic E-state index is 6.37. The van der Waals surface area contributed by atoms with Crippen molar-refractivity contribution in [3.8, 4) is 0 Å². The van der Waals surface area contributed by atoms with Crippen molar-refractivity contribution in [2.24, 2.45) is 0 Å². The van der Waals surface area contributed by atoms with Gasteiger partial charge in [0.25, 0.3) is 0 Å². The lowest BCUT2D eigenvalue weighted by molar-refractivity contribution is 0.600. The van der Waals surface area contributed by atoms with E-state index in [1.165, 1.54) is 0 Å². The van der Waals surface area contributed by atoms with Gasteiger partial charge in [-0.2, -0.15) is 0 Å². The van der Waals surface area contributed by atoms with Crippen LogP contribution in [0.1, 0.15) is 24.9 Å². The van der Waals surface area contributed by atoms with Crippen LogP contribution in [0.25, 0.3) is 0 Å². The molecule has 0 spiro atoms. The third-order valence-electron chi connectivity index (χ3n) is 3.58. The van der Waals surface area contributed by atoms with E-state index in [0.717, 1.165) is 33.4 Å². The molecule has 1 aliphatic rings. The van der Waals surface area contributed by atoms with Gasteiger partial charge in [0.2, 0.25) is 0 Å². The number of fused-ring (bicyclic) bond motifs is 1. The quantitative estimate of drug-likeness (QED) is 0.781. The first kappa shape index (κ1) is 13.6. The fraction of sp³-hybridized carbons (Fsp3) is 0.250. The molecule has 4 heteroatoms. The Morgan fingerprint density at radius 1 is 1.10 bits per heavy atom. The predicted molar refractivity (Wildman–Crippen MR) is 87.0 cm³/mol. The highest BCUT2D eigenvalue weighted by Gasteiger charge is 2.26. The van der Waals surface area contributed by atoms with Crippen molar-refractivity contribution < 1.29 is 0 Å². The second-order valence-corrected chi connectivity index (χ2v) is 6.03. The van der Waals surface area contributed by atoms with Gasteiger partial charge in [-0.15, -0.1) is 0 Å². The molecule has 1 heterocycles. The molecule has 0 fully saturated rings. The topological polar surface area (TPSA) is 24.1 Å². The minimum absolute atomic E-state index is 0.205. The summed E-state index contributed by atoms with van der Waals surface area (Å²) >= 11 is 12.3. The highest BCUT2D eigenvalue weighted by atomic mass is 35.5. The number of hydrogen-bond donors (Lipinski definition) is 2. The largest absolute Gasteiger partial charge is 0.382 e. The molecule has 0 unspecified atom stereocenters. The number of hydrogen-bond acceptors (Lipinski definition) is 2. The van der Waals surface area contributed by atoms with Crippen LogP contribution in [0.5, 0.6) is 0 Å². The fourth-order valence-electron chi connectivity index (χ4n) is 2.69. The third kappa shape index (κ3) is 2.72. The molecule has 2 N–H and O–H groups in total. The monoisotopic (exact) mass is 306 g/mol. The van der Waals surface area contributed by atoms with Crippen LogP contribution in [0.4, 0.5) is 11.4 Å². The summed E-state index contributed by atoms with van der Waals surface area (Å²) < 4.78 is 0. The molecular weight excluding hydrogens is 291 g/mol. The number of halogens is 2. The van der Waals surface area contributed by atoms with Crippen LogP contribution < -0.4 is 10.6 Å². The molecule has 2 aromatic rings. The van der Waals surface area contributed by atoms with Crippen molar-refractivity contribution in [2.45, 2.75) is 25.4 Å². The van der Waals surface area contributed by atoms with Gasteiger partial charge in [0.15, 0.2) is 0 Å². The Kier molecular flexibility index (Phi) is 3.77. The van der Waals surface area contributed by atoms with Gasteiger partial charge in [0.1, 0.15) is 0 Å². The Bertz CT molecular complexity index is 610.